The molecule has 1 rings (SSSR count). The second-order valence-electron chi connectivity index (χ2n) is 4.43. The Morgan fingerprint density at radius 2 is 2.16 bits per heavy atom. The number of anilines is 1. The normalized spacial score (nSPS) is 14.2. The Morgan fingerprint density at radius 1 is 1.42 bits per heavy atom. The number of hydrogen-bond acceptors (Lipinski definition) is 6. The van der Waals surface area contributed by atoms with Crippen molar-refractivity contribution in [3.63, 3.8) is 0 Å². The lowest BCUT2D eigenvalue weighted by Gasteiger charge is -2.15. The second kappa shape index (κ2) is 8.35. The van der Waals surface area contributed by atoms with Crippen LogP contribution in [0.3, 0.4) is 0 Å². The van der Waals surface area contributed by atoms with Gasteiger partial charge in [-0.3, -0.25) is 0 Å². The van der Waals surface area contributed by atoms with Crippen molar-refractivity contribution < 1.29 is 9.84 Å². The van der Waals surface area contributed by atoms with Crippen molar-refractivity contribution >= 4 is 17.6 Å². The van der Waals surface area contributed by atoms with Gasteiger partial charge >= 0.3 is 0 Å². The standard InChI is InChI=1S/C13H23N3O2S/c1-5-6-14-11-7-13(19-10(3)9(2)17)16-12(15-11)8-18-4/h7,9-10,17H,5-6,8H2,1-4H3,(H,14,15,16). The maximum absolute atomic E-state index is 9.56. The van der Waals surface area contributed by atoms with E-state index in [9.17, 15) is 5.11 Å². The van der Waals surface area contributed by atoms with E-state index < -0.39 is 0 Å². The summed E-state index contributed by atoms with van der Waals surface area (Å²) in [7, 11) is 1.63. The first-order chi connectivity index (χ1) is 9.06. The summed E-state index contributed by atoms with van der Waals surface area (Å²) >= 11 is 1.54. The van der Waals surface area contributed by atoms with Crippen LogP contribution in [0.1, 0.15) is 33.0 Å². The monoisotopic (exact) mass is 285 g/mol. The molecule has 0 saturated heterocycles. The van der Waals surface area contributed by atoms with Gasteiger partial charge in [0.25, 0.3) is 0 Å². The molecule has 0 radical (unpaired) electrons. The van der Waals surface area contributed by atoms with E-state index in [4.69, 9.17) is 4.74 Å². The van der Waals surface area contributed by atoms with Gasteiger partial charge in [-0.1, -0.05) is 13.8 Å². The number of rotatable bonds is 8. The van der Waals surface area contributed by atoms with Crippen LogP contribution >= 0.6 is 11.8 Å². The fraction of sp³-hybridized carbons (Fsp3) is 0.692. The van der Waals surface area contributed by atoms with E-state index in [1.807, 2.05) is 13.0 Å². The van der Waals surface area contributed by atoms with Gasteiger partial charge in [-0.15, -0.1) is 11.8 Å². The molecule has 1 aromatic rings. The molecule has 2 atom stereocenters. The fourth-order valence-corrected chi connectivity index (χ4v) is 2.27. The Hall–Kier alpha value is -0.850. The molecule has 2 N–H and O–H groups in total. The van der Waals surface area contributed by atoms with E-state index in [0.717, 1.165) is 23.8 Å². The molecule has 0 aromatic carbocycles. The summed E-state index contributed by atoms with van der Waals surface area (Å²) in [6, 6.07) is 1.92. The van der Waals surface area contributed by atoms with E-state index in [1.54, 1.807) is 25.8 Å². The van der Waals surface area contributed by atoms with Crippen LogP contribution in [0.15, 0.2) is 11.1 Å². The number of nitrogens with one attached hydrogen (secondary N) is 1. The second-order valence-corrected chi connectivity index (χ2v) is 5.83. The van der Waals surface area contributed by atoms with Gasteiger partial charge in [0.1, 0.15) is 17.5 Å². The zero-order valence-corrected chi connectivity index (χ0v) is 12.8. The third-order valence-corrected chi connectivity index (χ3v) is 3.78. The summed E-state index contributed by atoms with van der Waals surface area (Å²) in [5, 5.41) is 13.8. The summed E-state index contributed by atoms with van der Waals surface area (Å²) in [6.07, 6.45) is 0.661. The Bertz CT molecular complexity index is 388. The molecule has 108 valence electrons. The number of hydrogen-bond donors (Lipinski definition) is 2. The molecule has 0 fully saturated rings. The molecule has 0 aliphatic carbocycles. The van der Waals surface area contributed by atoms with Crippen molar-refractivity contribution in [2.24, 2.45) is 0 Å². The molecule has 0 amide bonds. The van der Waals surface area contributed by atoms with Crippen molar-refractivity contribution in [3.8, 4) is 0 Å². The number of aliphatic hydroxyl groups excluding tert-OH is 1. The predicted molar refractivity (Wildman–Crippen MR) is 78.5 cm³/mol. The van der Waals surface area contributed by atoms with Crippen LogP contribution in [-0.2, 0) is 11.3 Å². The number of aromatic nitrogens is 2. The summed E-state index contributed by atoms with van der Waals surface area (Å²) in [5.41, 5.74) is 0. The van der Waals surface area contributed by atoms with Gasteiger partial charge in [-0.25, -0.2) is 9.97 Å². The zero-order chi connectivity index (χ0) is 14.3. The average Bonchev–Trinajstić information content (AvgIpc) is 2.36. The molecule has 1 heterocycles. The molecule has 0 saturated carbocycles. The number of methoxy groups -OCH3 is 1. The van der Waals surface area contributed by atoms with E-state index in [-0.39, 0.29) is 11.4 Å². The van der Waals surface area contributed by atoms with Gasteiger partial charge in [0, 0.05) is 25.0 Å². The lowest BCUT2D eigenvalue weighted by atomic mass is 10.3. The lowest BCUT2D eigenvalue weighted by Crippen LogP contribution is -2.15. The van der Waals surface area contributed by atoms with Gasteiger partial charge in [0.2, 0.25) is 0 Å². The quantitative estimate of drug-likeness (QED) is 0.564. The third kappa shape index (κ3) is 5.76. The van der Waals surface area contributed by atoms with Crippen LogP contribution in [0.5, 0.6) is 0 Å². The largest absolute Gasteiger partial charge is 0.392 e. The fourth-order valence-electron chi connectivity index (χ4n) is 1.36. The van der Waals surface area contributed by atoms with Crippen LogP contribution in [0.25, 0.3) is 0 Å². The lowest BCUT2D eigenvalue weighted by molar-refractivity contribution is 0.177. The minimum Gasteiger partial charge on any atom is -0.392 e. The number of nitrogens with zero attached hydrogens (tertiary/aromatic N) is 2. The van der Waals surface area contributed by atoms with Gasteiger partial charge in [-0.05, 0) is 13.3 Å². The van der Waals surface area contributed by atoms with Crippen molar-refractivity contribution in [1.82, 2.24) is 9.97 Å². The summed E-state index contributed by atoms with van der Waals surface area (Å²) in [5.74, 6) is 1.47. The first-order valence-corrected chi connectivity index (χ1v) is 7.40. The van der Waals surface area contributed by atoms with E-state index in [1.165, 1.54) is 0 Å². The third-order valence-electron chi connectivity index (χ3n) is 2.56. The Balaban J connectivity index is 2.85. The average molecular weight is 285 g/mol. The summed E-state index contributed by atoms with van der Waals surface area (Å²) in [4.78, 5) is 8.82. The van der Waals surface area contributed by atoms with Gasteiger partial charge in [-0.2, -0.15) is 0 Å². The van der Waals surface area contributed by atoms with Crippen LogP contribution < -0.4 is 5.32 Å². The minimum absolute atomic E-state index is 0.0873. The molecule has 0 spiro atoms. The molecular weight excluding hydrogens is 262 g/mol. The molecule has 2 unspecified atom stereocenters. The highest BCUT2D eigenvalue weighted by atomic mass is 32.2. The highest BCUT2D eigenvalue weighted by Crippen LogP contribution is 2.25. The Kier molecular flexibility index (Phi) is 7.12. The van der Waals surface area contributed by atoms with Gasteiger partial charge < -0.3 is 15.2 Å². The molecule has 5 nitrogen and oxygen atoms in total. The van der Waals surface area contributed by atoms with Gasteiger partial charge in [0.05, 0.1) is 6.10 Å². The van der Waals surface area contributed by atoms with Crippen LogP contribution in [0.2, 0.25) is 0 Å². The molecule has 0 aliphatic heterocycles. The highest BCUT2D eigenvalue weighted by molar-refractivity contribution is 7.99. The smallest absolute Gasteiger partial charge is 0.157 e. The first-order valence-electron chi connectivity index (χ1n) is 6.52. The van der Waals surface area contributed by atoms with Crippen LogP contribution in [-0.4, -0.2) is 40.1 Å². The minimum atomic E-state index is -0.377. The van der Waals surface area contributed by atoms with Crippen LogP contribution in [0, 0.1) is 0 Å². The Labute approximate surface area is 119 Å². The van der Waals surface area contributed by atoms with E-state index >= 15 is 0 Å². The first kappa shape index (κ1) is 16.2. The van der Waals surface area contributed by atoms with Crippen LogP contribution in [0.4, 0.5) is 5.82 Å². The molecule has 0 bridgehead atoms. The van der Waals surface area contributed by atoms with Crippen molar-refractivity contribution in [2.75, 3.05) is 19.0 Å². The highest BCUT2D eigenvalue weighted by Gasteiger charge is 2.13. The van der Waals surface area contributed by atoms with E-state index in [0.29, 0.717) is 12.4 Å². The summed E-state index contributed by atoms with van der Waals surface area (Å²) in [6.45, 7) is 7.13. The SMILES string of the molecule is CCCNc1cc(SC(C)C(C)O)nc(COC)n1. The molecule has 0 aliphatic rings. The van der Waals surface area contributed by atoms with Crippen molar-refractivity contribution in [3.05, 3.63) is 11.9 Å². The molecule has 1 aromatic heterocycles. The van der Waals surface area contributed by atoms with Crippen molar-refractivity contribution in [2.45, 2.75) is 50.2 Å². The zero-order valence-electron chi connectivity index (χ0n) is 12.0. The molecule has 6 heteroatoms. The Morgan fingerprint density at radius 3 is 2.74 bits per heavy atom. The maximum atomic E-state index is 9.56. The molecular formula is C13H23N3O2S. The number of ether oxygens (including phenoxy) is 1. The maximum Gasteiger partial charge on any atom is 0.157 e. The van der Waals surface area contributed by atoms with Crippen molar-refractivity contribution in [1.29, 1.82) is 0 Å². The van der Waals surface area contributed by atoms with Gasteiger partial charge in [0.15, 0.2) is 5.82 Å². The predicted octanol–water partition coefficient (Wildman–Crippen LogP) is 2.31. The van der Waals surface area contributed by atoms with E-state index in [2.05, 4.69) is 22.2 Å². The topological polar surface area (TPSA) is 67.3 Å². The summed E-state index contributed by atoms with van der Waals surface area (Å²) < 4.78 is 5.08. The number of aliphatic hydroxyl groups is 1. The number of thioether (sulfide) groups is 1. The molecule has 19 heavy (non-hydrogen) atoms.